The normalized spacial score (nSPS) is 44.0. The summed E-state index contributed by atoms with van der Waals surface area (Å²) >= 11 is 0. The van der Waals surface area contributed by atoms with E-state index in [0.717, 1.165) is 12.7 Å². The first-order valence-electron chi connectivity index (χ1n) is 22.2. The molecule has 356 valence electrons. The number of likely N-dealkylation sites (N-methyl/N-ethyl adjacent to an activating group) is 2. The van der Waals surface area contributed by atoms with Crippen molar-refractivity contribution in [2.45, 2.75) is 197 Å². The van der Waals surface area contributed by atoms with Gasteiger partial charge in [-0.3, -0.25) is 9.59 Å². The molecule has 4 heterocycles. The van der Waals surface area contributed by atoms with E-state index in [2.05, 4.69) is 4.90 Å². The molecule has 0 aliphatic carbocycles. The summed E-state index contributed by atoms with van der Waals surface area (Å²) in [6.07, 6.45) is -1.89. The minimum atomic E-state index is -1.50. The monoisotopic (exact) mass is 885 g/mol. The van der Waals surface area contributed by atoms with Gasteiger partial charge in [0.15, 0.2) is 25.0 Å². The van der Waals surface area contributed by atoms with Gasteiger partial charge in [0.2, 0.25) is 0 Å². The topological polar surface area (TPSA) is 201 Å². The Balaban J connectivity index is 1.73. The number of methoxy groups -OCH3 is 1. The Morgan fingerprint density at radius 2 is 1.58 bits per heavy atom. The molecule has 3 saturated heterocycles. The van der Waals surface area contributed by atoms with Gasteiger partial charge in [0, 0.05) is 39.3 Å². The Hall–Kier alpha value is -2.39. The second kappa shape index (κ2) is 23.7. The number of ether oxygens (including phenoxy) is 9. The Morgan fingerprint density at radius 1 is 0.887 bits per heavy atom. The molecule has 0 aromatic heterocycles. The van der Waals surface area contributed by atoms with Crippen molar-refractivity contribution in [2.75, 3.05) is 35.3 Å². The van der Waals surface area contributed by atoms with Gasteiger partial charge in [-0.2, -0.15) is 0 Å². The second-order valence-corrected chi connectivity index (χ2v) is 18.4. The molecule has 0 spiro atoms. The predicted octanol–water partition coefficient (Wildman–Crippen LogP) is 2.90. The second-order valence-electron chi connectivity index (χ2n) is 18.4. The van der Waals surface area contributed by atoms with E-state index in [0.29, 0.717) is 19.3 Å². The van der Waals surface area contributed by atoms with Crippen LogP contribution < -0.4 is 0 Å². The minimum absolute atomic E-state index is 0.0345. The number of aldehydes is 1. The highest BCUT2D eigenvalue weighted by Gasteiger charge is 2.53. The third kappa shape index (κ3) is 14.1. The number of nitrogens with zero attached hydrogens (tertiary/aromatic N) is 2. The molecule has 62 heavy (non-hydrogen) atoms. The van der Waals surface area contributed by atoms with E-state index < -0.39 is 116 Å². The number of aliphatic hydroxyl groups excluding tert-OH is 2. The number of carbonyl (C=O) groups excluding carboxylic acids is 3. The fourth-order valence-electron chi connectivity index (χ4n) is 9.39. The van der Waals surface area contributed by atoms with Crippen LogP contribution in [0.4, 0.5) is 0 Å². The van der Waals surface area contributed by atoms with Crippen molar-refractivity contribution in [3.05, 3.63) is 24.3 Å². The molecule has 0 aromatic rings. The molecule has 0 saturated carbocycles. The zero-order valence-electron chi connectivity index (χ0n) is 38.9. The van der Waals surface area contributed by atoms with Gasteiger partial charge in [-0.05, 0) is 93.9 Å². The quantitative estimate of drug-likeness (QED) is 0.191. The van der Waals surface area contributed by atoms with Gasteiger partial charge < -0.3 is 72.5 Å². The average molecular weight is 885 g/mol. The molecule has 3 N–H and O–H groups in total. The SMILES string of the molecule is CO[C@@H]1[C@@H](O[C@@H]2O[C@H](C)[C@@H](O[C@H]3C[C@@](C)(O)[C@@H](O)[C@H](C)O3)[C@H](N(C)C)[C@H]2OC(C)=O)[C@@H](CC=O)C[C@@H](C)[C@@H](O[C@H]2CC[C@H](N(C)C)[C@@H](C)O2)/C=C\C=C/C[C@@H](C)OC(=O)C[C@H]1O. The summed E-state index contributed by atoms with van der Waals surface area (Å²) < 4.78 is 56.6. The molecule has 4 aliphatic rings. The molecule has 4 rings (SSSR count). The maximum absolute atomic E-state index is 13.2. The fraction of sp³-hybridized carbons (Fsp3) is 0.844. The highest BCUT2D eigenvalue weighted by molar-refractivity contribution is 5.70. The van der Waals surface area contributed by atoms with E-state index in [1.807, 2.05) is 57.1 Å². The van der Waals surface area contributed by atoms with Crippen molar-refractivity contribution in [3.63, 3.8) is 0 Å². The van der Waals surface area contributed by atoms with Crippen LogP contribution in [0, 0.1) is 11.8 Å². The maximum atomic E-state index is 13.2. The van der Waals surface area contributed by atoms with Crippen LogP contribution in [0.5, 0.6) is 0 Å². The summed E-state index contributed by atoms with van der Waals surface area (Å²) in [6.45, 7) is 12.0. The lowest BCUT2D eigenvalue weighted by atomic mass is 9.82. The summed E-state index contributed by atoms with van der Waals surface area (Å²) in [4.78, 5) is 42.6. The van der Waals surface area contributed by atoms with Crippen LogP contribution >= 0.6 is 0 Å². The van der Waals surface area contributed by atoms with Crippen LogP contribution in [-0.2, 0) is 57.0 Å². The van der Waals surface area contributed by atoms with E-state index in [4.69, 9.17) is 42.6 Å². The number of hydrogen-bond donors (Lipinski definition) is 3. The number of carbonyl (C=O) groups is 3. The lowest BCUT2D eigenvalue weighted by Crippen LogP contribution is -2.66. The van der Waals surface area contributed by atoms with Crippen LogP contribution in [0.2, 0.25) is 0 Å². The summed E-state index contributed by atoms with van der Waals surface area (Å²) in [5.41, 5.74) is -1.50. The van der Waals surface area contributed by atoms with Crippen LogP contribution in [0.25, 0.3) is 0 Å². The lowest BCUT2D eigenvalue weighted by molar-refractivity contribution is -0.344. The first kappa shape index (κ1) is 52.2. The van der Waals surface area contributed by atoms with Crippen molar-refractivity contribution >= 4 is 18.2 Å². The molecule has 0 radical (unpaired) electrons. The van der Waals surface area contributed by atoms with E-state index in [1.165, 1.54) is 21.0 Å². The summed E-state index contributed by atoms with van der Waals surface area (Å²) in [5.74, 6) is -2.18. The molecular formula is C45H76N2O15. The summed E-state index contributed by atoms with van der Waals surface area (Å²) in [7, 11) is 9.03. The Labute approximate surface area is 368 Å². The predicted molar refractivity (Wildman–Crippen MR) is 226 cm³/mol. The van der Waals surface area contributed by atoms with Crippen LogP contribution in [0.15, 0.2) is 24.3 Å². The molecular weight excluding hydrogens is 808 g/mol. The molecule has 17 nitrogen and oxygen atoms in total. The van der Waals surface area contributed by atoms with E-state index in [1.54, 1.807) is 34.9 Å². The van der Waals surface area contributed by atoms with Gasteiger partial charge in [0.25, 0.3) is 0 Å². The molecule has 0 unspecified atom stereocenters. The van der Waals surface area contributed by atoms with Crippen LogP contribution in [0.3, 0.4) is 0 Å². The number of esters is 2. The van der Waals surface area contributed by atoms with Gasteiger partial charge in [0.1, 0.15) is 30.7 Å². The van der Waals surface area contributed by atoms with Crippen molar-refractivity contribution < 1.29 is 72.3 Å². The Bertz CT molecular complexity index is 1480. The van der Waals surface area contributed by atoms with Gasteiger partial charge in [-0.25, -0.2) is 0 Å². The van der Waals surface area contributed by atoms with Crippen LogP contribution in [0.1, 0.15) is 93.4 Å². The number of rotatable bonds is 12. The molecule has 3 fully saturated rings. The number of cyclic esters (lactones) is 1. The van der Waals surface area contributed by atoms with Crippen LogP contribution in [-0.4, -0.2) is 182 Å². The van der Waals surface area contributed by atoms with Gasteiger partial charge in [-0.15, -0.1) is 0 Å². The zero-order valence-corrected chi connectivity index (χ0v) is 38.9. The zero-order chi connectivity index (χ0) is 46.1. The fourth-order valence-corrected chi connectivity index (χ4v) is 9.39. The smallest absolute Gasteiger partial charge is 0.308 e. The standard InChI is InChI=1S/C45H76N2O15/c1-25-22-31(20-21-48)40(62-44-42(59-30(6)49)38(47(10)11)39(28(4)58-44)61-37-24-45(7,53)43(52)29(5)57-37)41(54-12)33(50)23-35(51)55-26(2)16-14-13-15-17-34(25)60-36-19-18-32(46(8)9)27(3)56-36/h13-15,17,21,25-29,31-34,36-44,50,52-53H,16,18-20,22-24H2,1-12H3/b14-13-,17-15-/t25-,26-,27-,28-,29+,31+,32+,33-,34+,36+,37+,38+,39-,40+,41+,42-,43+,44+,45-/m1/s1. The Kier molecular flexibility index (Phi) is 20.0. The first-order chi connectivity index (χ1) is 29.2. The van der Waals surface area contributed by atoms with Crippen molar-refractivity contribution in [2.24, 2.45) is 11.8 Å². The Morgan fingerprint density at radius 3 is 2.18 bits per heavy atom. The van der Waals surface area contributed by atoms with Gasteiger partial charge in [-0.1, -0.05) is 31.2 Å². The third-order valence-corrected chi connectivity index (χ3v) is 12.7. The van der Waals surface area contributed by atoms with Crippen molar-refractivity contribution in [1.82, 2.24) is 9.80 Å². The average Bonchev–Trinajstić information content (AvgIpc) is 3.16. The van der Waals surface area contributed by atoms with E-state index in [9.17, 15) is 29.7 Å². The number of hydrogen-bond acceptors (Lipinski definition) is 17. The maximum Gasteiger partial charge on any atom is 0.308 e. The third-order valence-electron chi connectivity index (χ3n) is 12.7. The lowest BCUT2D eigenvalue weighted by Gasteiger charge is -2.50. The minimum Gasteiger partial charge on any atom is -0.462 e. The van der Waals surface area contributed by atoms with E-state index >= 15 is 0 Å². The molecule has 0 aromatic carbocycles. The number of allylic oxidation sites excluding steroid dienone is 2. The molecule has 19 atom stereocenters. The molecule has 17 heteroatoms. The number of aliphatic hydroxyl groups is 3. The van der Waals surface area contributed by atoms with Crippen molar-refractivity contribution in [3.8, 4) is 0 Å². The molecule has 4 aliphatic heterocycles. The molecule has 0 bridgehead atoms. The van der Waals surface area contributed by atoms with Gasteiger partial charge in [0.05, 0.1) is 54.7 Å². The highest BCUT2D eigenvalue weighted by atomic mass is 16.7. The molecule has 0 amide bonds. The largest absolute Gasteiger partial charge is 0.462 e. The highest BCUT2D eigenvalue weighted by Crippen LogP contribution is 2.38. The van der Waals surface area contributed by atoms with E-state index in [-0.39, 0.29) is 30.9 Å². The summed E-state index contributed by atoms with van der Waals surface area (Å²) in [6, 6.07) is -0.475. The van der Waals surface area contributed by atoms with Crippen molar-refractivity contribution in [1.29, 1.82) is 0 Å². The first-order valence-corrected chi connectivity index (χ1v) is 22.2. The summed E-state index contributed by atoms with van der Waals surface area (Å²) in [5, 5.41) is 33.3. The van der Waals surface area contributed by atoms with Gasteiger partial charge >= 0.3 is 11.9 Å².